The fraction of sp³-hybridized carbons (Fsp3) is 0.364. The zero-order valence-corrected chi connectivity index (χ0v) is 9.32. The summed E-state index contributed by atoms with van der Waals surface area (Å²) in [5.41, 5.74) is 9.51. The lowest BCUT2D eigenvalue weighted by Crippen LogP contribution is -2.28. The van der Waals surface area contributed by atoms with E-state index in [-0.39, 0.29) is 5.91 Å². The number of carbonyl (C=O) groups excluding carboxylic acids is 1. The largest absolute Gasteiger partial charge is 0.351 e. The molecule has 1 rings (SSSR count). The van der Waals surface area contributed by atoms with Crippen molar-refractivity contribution in [3.8, 4) is 0 Å². The van der Waals surface area contributed by atoms with Crippen LogP contribution in [0.3, 0.4) is 0 Å². The van der Waals surface area contributed by atoms with Crippen LogP contribution in [-0.2, 0) is 11.4 Å². The van der Waals surface area contributed by atoms with E-state index in [1.54, 1.807) is 19.2 Å². The van der Waals surface area contributed by atoms with Gasteiger partial charge in [-0.05, 0) is 17.7 Å². The molecule has 5 nitrogen and oxygen atoms in total. The summed E-state index contributed by atoms with van der Waals surface area (Å²) in [6.07, 6.45) is 0. The van der Waals surface area contributed by atoms with Crippen LogP contribution in [0, 0.1) is 0 Å². The molecule has 1 aromatic carbocycles. The number of carbonyl (C=O) groups is 1. The number of hydrogen-bond donors (Lipinski definition) is 3. The highest BCUT2D eigenvalue weighted by Crippen LogP contribution is 2.05. The first-order chi connectivity index (χ1) is 7.77. The van der Waals surface area contributed by atoms with Crippen molar-refractivity contribution in [2.75, 3.05) is 20.1 Å². The van der Waals surface area contributed by atoms with Gasteiger partial charge in [0, 0.05) is 25.7 Å². The fourth-order valence-electron chi connectivity index (χ4n) is 1.20. The SMILES string of the molecule is CNOCc1ccc(C(=O)NCCN)cc1. The summed E-state index contributed by atoms with van der Waals surface area (Å²) in [6.45, 7) is 1.41. The van der Waals surface area contributed by atoms with E-state index >= 15 is 0 Å². The lowest BCUT2D eigenvalue weighted by molar-refractivity contribution is 0.0444. The Labute approximate surface area is 94.9 Å². The standard InChI is InChI=1S/C11H17N3O2/c1-13-16-8-9-2-4-10(5-3-9)11(15)14-7-6-12/h2-5,13H,6-8,12H2,1H3,(H,14,15). The Balaban J connectivity index is 2.53. The molecule has 1 aromatic rings. The second-order valence-corrected chi connectivity index (χ2v) is 3.23. The van der Waals surface area contributed by atoms with Gasteiger partial charge < -0.3 is 11.1 Å². The number of benzene rings is 1. The van der Waals surface area contributed by atoms with Crippen molar-refractivity contribution in [2.24, 2.45) is 5.73 Å². The predicted octanol–water partition coefficient (Wildman–Crippen LogP) is 0.0261. The summed E-state index contributed by atoms with van der Waals surface area (Å²) in [7, 11) is 1.70. The Morgan fingerprint density at radius 3 is 2.62 bits per heavy atom. The van der Waals surface area contributed by atoms with Crippen molar-refractivity contribution in [1.82, 2.24) is 10.8 Å². The number of hydroxylamine groups is 1. The van der Waals surface area contributed by atoms with Crippen LogP contribution in [0.5, 0.6) is 0 Å². The number of rotatable bonds is 6. The second kappa shape index (κ2) is 6.95. The van der Waals surface area contributed by atoms with Crippen LogP contribution >= 0.6 is 0 Å². The van der Waals surface area contributed by atoms with E-state index in [2.05, 4.69) is 10.8 Å². The topological polar surface area (TPSA) is 76.4 Å². The fourth-order valence-corrected chi connectivity index (χ4v) is 1.20. The maximum absolute atomic E-state index is 11.5. The average molecular weight is 223 g/mol. The Hall–Kier alpha value is -1.43. The quantitative estimate of drug-likeness (QED) is 0.594. The monoisotopic (exact) mass is 223 g/mol. The molecule has 0 saturated heterocycles. The highest BCUT2D eigenvalue weighted by atomic mass is 16.6. The lowest BCUT2D eigenvalue weighted by atomic mass is 10.1. The summed E-state index contributed by atoms with van der Waals surface area (Å²) in [5.74, 6) is -0.105. The molecule has 0 spiro atoms. The normalized spacial score (nSPS) is 10.1. The molecule has 0 aliphatic heterocycles. The average Bonchev–Trinajstić information content (AvgIpc) is 2.34. The van der Waals surface area contributed by atoms with Crippen LogP contribution < -0.4 is 16.5 Å². The summed E-state index contributed by atoms with van der Waals surface area (Å²) >= 11 is 0. The first-order valence-corrected chi connectivity index (χ1v) is 5.13. The Bertz CT molecular complexity index is 325. The lowest BCUT2D eigenvalue weighted by Gasteiger charge is -2.05. The van der Waals surface area contributed by atoms with Crippen LogP contribution in [0.2, 0.25) is 0 Å². The Morgan fingerprint density at radius 2 is 2.06 bits per heavy atom. The van der Waals surface area contributed by atoms with Crippen LogP contribution in [0.4, 0.5) is 0 Å². The molecule has 0 bridgehead atoms. The van der Waals surface area contributed by atoms with Crippen LogP contribution in [-0.4, -0.2) is 26.0 Å². The molecule has 0 fully saturated rings. The molecule has 0 saturated carbocycles. The summed E-state index contributed by atoms with van der Waals surface area (Å²) in [5, 5.41) is 2.70. The van der Waals surface area contributed by atoms with E-state index < -0.39 is 0 Å². The van der Waals surface area contributed by atoms with Gasteiger partial charge >= 0.3 is 0 Å². The highest BCUT2D eigenvalue weighted by Gasteiger charge is 2.03. The minimum Gasteiger partial charge on any atom is -0.351 e. The van der Waals surface area contributed by atoms with Gasteiger partial charge in [-0.1, -0.05) is 12.1 Å². The van der Waals surface area contributed by atoms with E-state index in [4.69, 9.17) is 10.6 Å². The maximum atomic E-state index is 11.5. The third-order valence-corrected chi connectivity index (χ3v) is 2.03. The molecule has 4 N–H and O–H groups in total. The molecule has 0 aromatic heterocycles. The molecule has 0 atom stereocenters. The number of nitrogens with two attached hydrogens (primary N) is 1. The van der Waals surface area contributed by atoms with Gasteiger partial charge in [0.1, 0.15) is 0 Å². The smallest absolute Gasteiger partial charge is 0.251 e. The van der Waals surface area contributed by atoms with E-state index in [9.17, 15) is 4.79 Å². The zero-order valence-electron chi connectivity index (χ0n) is 9.32. The van der Waals surface area contributed by atoms with Crippen molar-refractivity contribution in [1.29, 1.82) is 0 Å². The Morgan fingerprint density at radius 1 is 1.38 bits per heavy atom. The summed E-state index contributed by atoms with van der Waals surface area (Å²) in [6, 6.07) is 7.24. The van der Waals surface area contributed by atoms with Gasteiger partial charge in [-0.25, -0.2) is 5.48 Å². The van der Waals surface area contributed by atoms with E-state index in [0.29, 0.717) is 25.3 Å². The highest BCUT2D eigenvalue weighted by molar-refractivity contribution is 5.94. The van der Waals surface area contributed by atoms with Gasteiger partial charge in [0.15, 0.2) is 0 Å². The van der Waals surface area contributed by atoms with Gasteiger partial charge in [0.25, 0.3) is 5.91 Å². The molecule has 1 amide bonds. The van der Waals surface area contributed by atoms with Crippen molar-refractivity contribution in [3.05, 3.63) is 35.4 Å². The van der Waals surface area contributed by atoms with Gasteiger partial charge in [-0.2, -0.15) is 0 Å². The van der Waals surface area contributed by atoms with Crippen LogP contribution in [0.15, 0.2) is 24.3 Å². The van der Waals surface area contributed by atoms with Gasteiger partial charge in [-0.3, -0.25) is 9.63 Å². The number of amides is 1. The van der Waals surface area contributed by atoms with E-state index in [0.717, 1.165) is 5.56 Å². The van der Waals surface area contributed by atoms with Gasteiger partial charge in [0.05, 0.1) is 6.61 Å². The molecular formula is C11H17N3O2. The number of nitrogens with one attached hydrogen (secondary N) is 2. The molecule has 0 radical (unpaired) electrons. The van der Waals surface area contributed by atoms with Crippen LogP contribution in [0.25, 0.3) is 0 Å². The Kier molecular flexibility index (Phi) is 5.49. The molecular weight excluding hydrogens is 206 g/mol. The molecule has 0 aliphatic carbocycles. The van der Waals surface area contributed by atoms with Gasteiger partial charge in [-0.15, -0.1) is 0 Å². The van der Waals surface area contributed by atoms with Crippen molar-refractivity contribution in [3.63, 3.8) is 0 Å². The predicted molar refractivity (Wildman–Crippen MR) is 61.7 cm³/mol. The molecule has 5 heteroatoms. The first kappa shape index (κ1) is 12.6. The van der Waals surface area contributed by atoms with E-state index in [1.165, 1.54) is 0 Å². The minimum atomic E-state index is -0.105. The second-order valence-electron chi connectivity index (χ2n) is 3.23. The maximum Gasteiger partial charge on any atom is 0.251 e. The third kappa shape index (κ3) is 3.98. The molecule has 0 unspecified atom stereocenters. The molecule has 16 heavy (non-hydrogen) atoms. The zero-order chi connectivity index (χ0) is 11.8. The molecule has 0 aliphatic rings. The number of hydrogen-bond acceptors (Lipinski definition) is 4. The van der Waals surface area contributed by atoms with Crippen LogP contribution in [0.1, 0.15) is 15.9 Å². The van der Waals surface area contributed by atoms with Crippen molar-refractivity contribution < 1.29 is 9.63 Å². The minimum absolute atomic E-state index is 0.105. The molecule has 0 heterocycles. The van der Waals surface area contributed by atoms with E-state index in [1.807, 2.05) is 12.1 Å². The van der Waals surface area contributed by atoms with Crippen molar-refractivity contribution in [2.45, 2.75) is 6.61 Å². The third-order valence-electron chi connectivity index (χ3n) is 2.03. The first-order valence-electron chi connectivity index (χ1n) is 5.13. The summed E-state index contributed by atoms with van der Waals surface area (Å²) < 4.78 is 0. The summed E-state index contributed by atoms with van der Waals surface area (Å²) in [4.78, 5) is 16.5. The van der Waals surface area contributed by atoms with Gasteiger partial charge in [0.2, 0.25) is 0 Å². The molecule has 88 valence electrons. The van der Waals surface area contributed by atoms with Crippen molar-refractivity contribution >= 4 is 5.91 Å².